The molecule has 55 heavy (non-hydrogen) atoms. The van der Waals surface area contributed by atoms with Gasteiger partial charge in [0.1, 0.15) is 36.3 Å². The number of carbonyl (C=O) groups excluding carboxylic acids is 5. The second kappa shape index (κ2) is 14.7. The number of imide groups is 2. The van der Waals surface area contributed by atoms with Crippen molar-refractivity contribution in [3.63, 3.8) is 0 Å². The largest absolute Gasteiger partial charge is 0.492 e. The number of benzene rings is 2. The fourth-order valence-corrected chi connectivity index (χ4v) is 9.09. The number of likely N-dealkylation sites (tertiary alicyclic amines) is 1. The van der Waals surface area contributed by atoms with Crippen LogP contribution in [0.3, 0.4) is 0 Å². The van der Waals surface area contributed by atoms with Crippen molar-refractivity contribution in [1.82, 2.24) is 25.4 Å². The molecule has 1 unspecified atom stereocenters. The van der Waals surface area contributed by atoms with E-state index in [2.05, 4.69) is 49.3 Å². The smallest absolute Gasteiger partial charge is 0.262 e. The normalized spacial score (nSPS) is 23.3. The fourth-order valence-electron chi connectivity index (χ4n) is 8.88. The molecule has 7 rings (SSSR count). The predicted octanol–water partition coefficient (Wildman–Crippen LogP) is 4.88. The maximum atomic E-state index is 13.4. The van der Waals surface area contributed by atoms with Gasteiger partial charge in [-0.2, -0.15) is 5.26 Å². The maximum Gasteiger partial charge on any atom is 0.262 e. The van der Waals surface area contributed by atoms with Gasteiger partial charge in [0.2, 0.25) is 11.8 Å². The van der Waals surface area contributed by atoms with E-state index in [4.69, 9.17) is 26.1 Å². The number of fused-ring (bicyclic) bond motifs is 1. The quantitative estimate of drug-likeness (QED) is 0.271. The van der Waals surface area contributed by atoms with E-state index in [1.807, 2.05) is 12.1 Å². The summed E-state index contributed by atoms with van der Waals surface area (Å²) in [6, 6.07) is 14.4. The second-order valence-corrected chi connectivity index (χ2v) is 16.3. The highest BCUT2D eigenvalue weighted by Crippen LogP contribution is 2.55. The molecule has 14 heteroatoms. The first kappa shape index (κ1) is 38.0. The standard InChI is InChI=1S/C41H43ClN6O7/c1-40(2)38(41(3,4)39(40)55-27-7-5-24(21-43)30(42)20-27)46-34(50)25-6-10-31(44-22-25)23-13-15-47(16-14-23)17-18-54-26-8-9-28-29(19-26)37(53)48(36(28)52)32-11-12-33(49)45-35(32)51/h5-10,19-20,22-23,32,38-39H,11-18H2,1-4H3,(H,46,50)(H,45,49,51). The first-order chi connectivity index (χ1) is 26.2. The molecule has 0 radical (unpaired) electrons. The van der Waals surface area contributed by atoms with Crippen LogP contribution in [0.4, 0.5) is 0 Å². The van der Waals surface area contributed by atoms with Crippen molar-refractivity contribution in [2.24, 2.45) is 10.8 Å². The molecule has 1 atom stereocenters. The third kappa shape index (κ3) is 7.16. The monoisotopic (exact) mass is 766 g/mol. The van der Waals surface area contributed by atoms with Crippen LogP contribution < -0.4 is 20.1 Å². The summed E-state index contributed by atoms with van der Waals surface area (Å²) in [7, 11) is 0. The molecule has 5 amide bonds. The molecule has 4 heterocycles. The van der Waals surface area contributed by atoms with E-state index >= 15 is 0 Å². The molecule has 2 aromatic carbocycles. The van der Waals surface area contributed by atoms with E-state index in [0.29, 0.717) is 40.8 Å². The number of pyridine rings is 1. The summed E-state index contributed by atoms with van der Waals surface area (Å²) in [5.41, 5.74) is 1.47. The van der Waals surface area contributed by atoms with Crippen LogP contribution in [-0.2, 0) is 9.59 Å². The Balaban J connectivity index is 0.869. The van der Waals surface area contributed by atoms with Crippen LogP contribution in [0.5, 0.6) is 11.5 Å². The highest BCUT2D eigenvalue weighted by molar-refractivity contribution is 6.31. The lowest BCUT2D eigenvalue weighted by Gasteiger charge is -2.63. The number of nitrogens with one attached hydrogen (secondary N) is 2. The number of nitrogens with zero attached hydrogens (tertiary/aromatic N) is 4. The Bertz CT molecular complexity index is 2090. The van der Waals surface area contributed by atoms with Crippen LogP contribution in [0.25, 0.3) is 0 Å². The summed E-state index contributed by atoms with van der Waals surface area (Å²) < 4.78 is 12.3. The summed E-state index contributed by atoms with van der Waals surface area (Å²) in [6.45, 7) is 11.0. The molecule has 1 aromatic heterocycles. The van der Waals surface area contributed by atoms with Gasteiger partial charge in [0.25, 0.3) is 17.7 Å². The Kier molecular flexibility index (Phi) is 10.2. The number of aromatic nitrogens is 1. The van der Waals surface area contributed by atoms with Crippen molar-refractivity contribution < 1.29 is 33.4 Å². The Morgan fingerprint density at radius 1 is 0.964 bits per heavy atom. The maximum absolute atomic E-state index is 13.4. The van der Waals surface area contributed by atoms with Crippen molar-refractivity contribution >= 4 is 41.1 Å². The SMILES string of the molecule is CC1(C)C(NC(=O)c2ccc(C3CCN(CCOc4ccc5c(c4)C(=O)N(C4CCC(=O)NC4=O)C5=O)CC3)nc2)C(C)(C)C1Oc1ccc(C#N)c(Cl)c1. The first-order valence-electron chi connectivity index (χ1n) is 18.5. The third-order valence-corrected chi connectivity index (χ3v) is 11.9. The van der Waals surface area contributed by atoms with Gasteiger partial charge in [0.15, 0.2) is 0 Å². The molecule has 1 aliphatic carbocycles. The molecule has 3 aromatic rings. The average Bonchev–Trinajstić information content (AvgIpc) is 3.41. The molecule has 2 N–H and O–H groups in total. The molecule has 3 aliphatic heterocycles. The zero-order valence-electron chi connectivity index (χ0n) is 31.2. The summed E-state index contributed by atoms with van der Waals surface area (Å²) in [5.74, 6) is -1.07. The van der Waals surface area contributed by atoms with E-state index in [1.165, 1.54) is 0 Å². The van der Waals surface area contributed by atoms with Crippen LogP contribution in [-0.4, -0.2) is 88.7 Å². The zero-order valence-corrected chi connectivity index (χ0v) is 31.9. The molecule has 4 aliphatic rings. The van der Waals surface area contributed by atoms with E-state index in [1.54, 1.807) is 42.6 Å². The summed E-state index contributed by atoms with van der Waals surface area (Å²) in [5, 5.41) is 15.0. The van der Waals surface area contributed by atoms with Gasteiger partial charge in [-0.25, -0.2) is 0 Å². The van der Waals surface area contributed by atoms with Gasteiger partial charge in [0.05, 0.1) is 27.3 Å². The minimum absolute atomic E-state index is 0.0636. The molecule has 2 saturated heterocycles. The molecule has 1 saturated carbocycles. The second-order valence-electron chi connectivity index (χ2n) is 15.9. The molecule has 13 nitrogen and oxygen atoms in total. The number of carbonyl (C=O) groups is 5. The summed E-state index contributed by atoms with van der Waals surface area (Å²) >= 11 is 6.23. The molecule has 3 fully saturated rings. The van der Waals surface area contributed by atoms with Crippen molar-refractivity contribution in [2.45, 2.75) is 77.5 Å². The van der Waals surface area contributed by atoms with E-state index in [-0.39, 0.29) is 58.8 Å². The van der Waals surface area contributed by atoms with Gasteiger partial charge >= 0.3 is 0 Å². The van der Waals surface area contributed by atoms with Crippen LogP contribution in [0.1, 0.15) is 102 Å². The number of nitriles is 1. The third-order valence-electron chi connectivity index (χ3n) is 11.6. The van der Waals surface area contributed by atoms with Crippen LogP contribution in [0, 0.1) is 22.2 Å². The van der Waals surface area contributed by atoms with E-state index in [9.17, 15) is 29.2 Å². The fraction of sp³-hybridized carbons (Fsp3) is 0.439. The van der Waals surface area contributed by atoms with Crippen molar-refractivity contribution in [3.05, 3.63) is 87.7 Å². The summed E-state index contributed by atoms with van der Waals surface area (Å²) in [4.78, 5) is 71.3. The number of hydrogen-bond acceptors (Lipinski definition) is 10. The minimum atomic E-state index is -1.01. The highest BCUT2D eigenvalue weighted by Gasteiger charge is 2.64. The van der Waals surface area contributed by atoms with Crippen molar-refractivity contribution in [3.8, 4) is 17.6 Å². The average molecular weight is 767 g/mol. The molecular formula is C41H43ClN6O7. The van der Waals surface area contributed by atoms with Gasteiger partial charge in [-0.3, -0.25) is 44.1 Å². The minimum Gasteiger partial charge on any atom is -0.492 e. The number of ether oxygens (including phenoxy) is 2. The van der Waals surface area contributed by atoms with Crippen LogP contribution >= 0.6 is 11.6 Å². The van der Waals surface area contributed by atoms with Gasteiger partial charge in [-0.15, -0.1) is 0 Å². The highest BCUT2D eigenvalue weighted by atomic mass is 35.5. The van der Waals surface area contributed by atoms with E-state index in [0.717, 1.165) is 36.5 Å². The summed E-state index contributed by atoms with van der Waals surface area (Å²) in [6.07, 6.45) is 3.42. The van der Waals surface area contributed by atoms with E-state index < -0.39 is 29.7 Å². The number of piperidine rings is 2. The Morgan fingerprint density at radius 2 is 1.67 bits per heavy atom. The Hall–Kier alpha value is -5.32. The van der Waals surface area contributed by atoms with Crippen molar-refractivity contribution in [2.75, 3.05) is 26.2 Å². The molecule has 0 spiro atoms. The van der Waals surface area contributed by atoms with Crippen LogP contribution in [0.15, 0.2) is 54.7 Å². The lowest BCUT2D eigenvalue weighted by molar-refractivity contribution is -0.164. The number of amides is 5. The lowest BCUT2D eigenvalue weighted by atomic mass is 9.49. The zero-order chi connectivity index (χ0) is 39.2. The Morgan fingerprint density at radius 3 is 2.33 bits per heavy atom. The van der Waals surface area contributed by atoms with Gasteiger partial charge < -0.3 is 14.8 Å². The van der Waals surface area contributed by atoms with Crippen LogP contribution in [0.2, 0.25) is 5.02 Å². The van der Waals surface area contributed by atoms with Gasteiger partial charge in [0, 0.05) is 53.7 Å². The van der Waals surface area contributed by atoms with Gasteiger partial charge in [-0.05, 0) is 74.8 Å². The van der Waals surface area contributed by atoms with Crippen molar-refractivity contribution in [1.29, 1.82) is 5.26 Å². The number of rotatable bonds is 10. The molecule has 286 valence electrons. The van der Waals surface area contributed by atoms with Gasteiger partial charge in [-0.1, -0.05) is 39.3 Å². The molecule has 0 bridgehead atoms. The topological polar surface area (TPSA) is 171 Å². The Labute approximate surface area is 324 Å². The number of halogens is 1. The lowest BCUT2D eigenvalue weighted by Crippen LogP contribution is -2.74. The first-order valence-corrected chi connectivity index (χ1v) is 18.9. The predicted molar refractivity (Wildman–Crippen MR) is 201 cm³/mol. The number of hydrogen-bond donors (Lipinski definition) is 2. The molecular weight excluding hydrogens is 724 g/mol.